The number of aliphatic carboxylic acids is 1. The van der Waals surface area contributed by atoms with Crippen LogP contribution in [0.2, 0.25) is 0 Å². The summed E-state index contributed by atoms with van der Waals surface area (Å²) in [5.74, 6) is -0.487. The van der Waals surface area contributed by atoms with Crippen LogP contribution in [0.15, 0.2) is 59.6 Å². The molecule has 0 fully saturated rings. The maximum atomic E-state index is 10.5. The Bertz CT molecular complexity index is 695. The predicted octanol–water partition coefficient (Wildman–Crippen LogP) is 4.65. The Morgan fingerprint density at radius 2 is 1.48 bits per heavy atom. The van der Waals surface area contributed by atoms with E-state index in [0.717, 1.165) is 48.9 Å². The van der Waals surface area contributed by atoms with Gasteiger partial charge in [0.1, 0.15) is 5.75 Å². The van der Waals surface area contributed by atoms with Gasteiger partial charge in [0.2, 0.25) is 0 Å². The second-order valence-corrected chi connectivity index (χ2v) is 6.03. The fraction of sp³-hybridized carbons (Fsp3) is 0.333. The molecule has 0 amide bonds. The lowest BCUT2D eigenvalue weighted by Crippen LogP contribution is -2.05. The van der Waals surface area contributed by atoms with Gasteiger partial charge in [0.25, 0.3) is 0 Å². The first-order valence-electron chi connectivity index (χ1n) is 8.78. The van der Waals surface area contributed by atoms with Crippen LogP contribution in [0.3, 0.4) is 0 Å². The minimum Gasteiger partial charge on any atom is -0.507 e. The van der Waals surface area contributed by atoms with Gasteiger partial charge < -0.3 is 10.2 Å². The van der Waals surface area contributed by atoms with Gasteiger partial charge in [-0.25, -0.2) is 0 Å². The molecule has 132 valence electrons. The van der Waals surface area contributed by atoms with E-state index in [1.807, 2.05) is 42.5 Å². The Labute approximate surface area is 148 Å². The Kier molecular flexibility index (Phi) is 7.70. The fourth-order valence-electron chi connectivity index (χ4n) is 2.71. The number of hydrogen-bond donors (Lipinski definition) is 2. The first-order chi connectivity index (χ1) is 12.2. The number of phenols is 1. The van der Waals surface area contributed by atoms with Crippen molar-refractivity contribution < 1.29 is 15.0 Å². The zero-order valence-electron chi connectivity index (χ0n) is 14.4. The molecular formula is C21H25NO3. The van der Waals surface area contributed by atoms with Crippen LogP contribution in [0.1, 0.15) is 49.7 Å². The highest BCUT2D eigenvalue weighted by atomic mass is 16.4. The first-order valence-corrected chi connectivity index (χ1v) is 8.78. The summed E-state index contributed by atoms with van der Waals surface area (Å²) in [5, 5.41) is 18.8. The van der Waals surface area contributed by atoms with E-state index in [9.17, 15) is 9.90 Å². The quantitative estimate of drug-likeness (QED) is 0.489. The highest BCUT2D eigenvalue weighted by molar-refractivity contribution is 6.14. The highest BCUT2D eigenvalue weighted by Gasteiger charge is 2.10. The van der Waals surface area contributed by atoms with Gasteiger partial charge in [-0.2, -0.15) is 0 Å². The van der Waals surface area contributed by atoms with Crippen LogP contribution in [0.4, 0.5) is 0 Å². The molecule has 0 aliphatic carbocycles. The third-order valence-corrected chi connectivity index (χ3v) is 4.03. The number of para-hydroxylation sites is 1. The summed E-state index contributed by atoms with van der Waals surface area (Å²) in [6.07, 6.45) is 4.96. The van der Waals surface area contributed by atoms with Crippen molar-refractivity contribution in [2.45, 2.75) is 38.5 Å². The van der Waals surface area contributed by atoms with Crippen LogP contribution in [0.5, 0.6) is 5.75 Å². The number of nitrogens with zero attached hydrogens (tertiary/aromatic N) is 1. The van der Waals surface area contributed by atoms with Crippen molar-refractivity contribution >= 4 is 11.7 Å². The molecule has 0 aliphatic heterocycles. The van der Waals surface area contributed by atoms with Crippen molar-refractivity contribution in [2.24, 2.45) is 4.99 Å². The van der Waals surface area contributed by atoms with Crippen molar-refractivity contribution in [3.63, 3.8) is 0 Å². The summed E-state index contributed by atoms with van der Waals surface area (Å²) in [5.41, 5.74) is 2.55. The lowest BCUT2D eigenvalue weighted by atomic mass is 10.0. The summed E-state index contributed by atoms with van der Waals surface area (Å²) < 4.78 is 0. The van der Waals surface area contributed by atoms with Gasteiger partial charge >= 0.3 is 5.97 Å². The SMILES string of the molecule is O=C(O)CCCCCCCN=C(c1ccccc1)c1ccccc1O. The van der Waals surface area contributed by atoms with E-state index in [0.29, 0.717) is 6.54 Å². The third-order valence-electron chi connectivity index (χ3n) is 4.03. The minimum absolute atomic E-state index is 0.235. The third kappa shape index (κ3) is 6.42. The van der Waals surface area contributed by atoms with E-state index in [4.69, 9.17) is 10.1 Å². The molecule has 2 N–H and O–H groups in total. The number of carbonyl (C=O) groups is 1. The average molecular weight is 339 g/mol. The number of hydrogen-bond acceptors (Lipinski definition) is 3. The average Bonchev–Trinajstić information content (AvgIpc) is 2.62. The predicted molar refractivity (Wildman–Crippen MR) is 100 cm³/mol. The molecule has 0 aliphatic rings. The number of carboxylic acids is 1. The smallest absolute Gasteiger partial charge is 0.303 e. The molecule has 0 radical (unpaired) electrons. The molecule has 0 saturated heterocycles. The van der Waals surface area contributed by atoms with Gasteiger partial charge in [0.15, 0.2) is 0 Å². The van der Waals surface area contributed by atoms with Crippen molar-refractivity contribution in [3.8, 4) is 5.75 Å². The van der Waals surface area contributed by atoms with Gasteiger partial charge in [-0.15, -0.1) is 0 Å². The van der Waals surface area contributed by atoms with E-state index < -0.39 is 5.97 Å². The van der Waals surface area contributed by atoms with Crippen LogP contribution in [-0.4, -0.2) is 28.4 Å². The summed E-state index contributed by atoms with van der Waals surface area (Å²) in [6, 6.07) is 17.1. The fourth-order valence-corrected chi connectivity index (χ4v) is 2.71. The maximum absolute atomic E-state index is 10.5. The van der Waals surface area contributed by atoms with E-state index in [-0.39, 0.29) is 12.2 Å². The standard InChI is InChI=1S/C21H25NO3/c23-19-14-9-8-13-18(19)21(17-11-5-4-6-12-17)22-16-10-3-1-2-7-15-20(24)25/h4-6,8-9,11-14,23H,1-3,7,10,15-16H2,(H,24,25). The van der Waals surface area contributed by atoms with Gasteiger partial charge in [0, 0.05) is 24.1 Å². The molecule has 25 heavy (non-hydrogen) atoms. The first kappa shape index (κ1) is 18.7. The monoisotopic (exact) mass is 339 g/mol. The Hall–Kier alpha value is -2.62. The molecule has 0 aromatic heterocycles. The van der Waals surface area contributed by atoms with Crippen molar-refractivity contribution in [1.29, 1.82) is 0 Å². The molecule has 0 spiro atoms. The van der Waals surface area contributed by atoms with Gasteiger partial charge in [-0.05, 0) is 25.0 Å². The van der Waals surface area contributed by atoms with E-state index >= 15 is 0 Å². The number of phenolic OH excluding ortho intramolecular Hbond substituents is 1. The number of carboxylic acid groups (broad SMARTS) is 1. The zero-order valence-corrected chi connectivity index (χ0v) is 14.4. The summed E-state index contributed by atoms with van der Waals surface area (Å²) >= 11 is 0. The van der Waals surface area contributed by atoms with Crippen LogP contribution in [0.25, 0.3) is 0 Å². The Balaban J connectivity index is 1.94. The molecule has 0 heterocycles. The van der Waals surface area contributed by atoms with Gasteiger partial charge in [-0.1, -0.05) is 61.7 Å². The molecule has 2 aromatic carbocycles. The summed E-state index contributed by atoms with van der Waals surface area (Å²) in [7, 11) is 0. The number of benzene rings is 2. The molecular weight excluding hydrogens is 314 g/mol. The normalized spacial score (nSPS) is 11.4. The topological polar surface area (TPSA) is 69.9 Å². The lowest BCUT2D eigenvalue weighted by Gasteiger charge is -2.09. The lowest BCUT2D eigenvalue weighted by molar-refractivity contribution is -0.137. The Morgan fingerprint density at radius 3 is 2.20 bits per heavy atom. The van der Waals surface area contributed by atoms with E-state index in [1.54, 1.807) is 12.1 Å². The summed E-state index contributed by atoms with van der Waals surface area (Å²) in [6.45, 7) is 0.692. The number of aromatic hydroxyl groups is 1. The molecule has 0 unspecified atom stereocenters. The molecule has 0 saturated carbocycles. The van der Waals surface area contributed by atoms with E-state index in [2.05, 4.69) is 0 Å². The maximum Gasteiger partial charge on any atom is 0.303 e. The van der Waals surface area contributed by atoms with E-state index in [1.165, 1.54) is 0 Å². The second-order valence-electron chi connectivity index (χ2n) is 6.03. The molecule has 4 nitrogen and oxygen atoms in total. The molecule has 0 atom stereocenters. The Morgan fingerprint density at radius 1 is 0.840 bits per heavy atom. The van der Waals surface area contributed by atoms with Crippen molar-refractivity contribution in [2.75, 3.05) is 6.54 Å². The minimum atomic E-state index is -0.722. The van der Waals surface area contributed by atoms with Gasteiger partial charge in [-0.3, -0.25) is 9.79 Å². The van der Waals surface area contributed by atoms with Gasteiger partial charge in [0.05, 0.1) is 5.71 Å². The van der Waals surface area contributed by atoms with Crippen molar-refractivity contribution in [3.05, 3.63) is 65.7 Å². The van der Waals surface area contributed by atoms with Crippen LogP contribution in [-0.2, 0) is 4.79 Å². The van der Waals surface area contributed by atoms with Crippen LogP contribution in [0, 0.1) is 0 Å². The molecule has 2 aromatic rings. The second kappa shape index (κ2) is 10.3. The largest absolute Gasteiger partial charge is 0.507 e. The summed E-state index contributed by atoms with van der Waals surface area (Å²) in [4.78, 5) is 15.2. The highest BCUT2D eigenvalue weighted by Crippen LogP contribution is 2.21. The number of rotatable bonds is 10. The molecule has 0 bridgehead atoms. The number of aliphatic imine (C=N–C) groups is 1. The van der Waals surface area contributed by atoms with Crippen LogP contribution < -0.4 is 0 Å². The van der Waals surface area contributed by atoms with Crippen molar-refractivity contribution in [1.82, 2.24) is 0 Å². The molecule has 4 heteroatoms. The zero-order chi connectivity index (χ0) is 17.9. The van der Waals surface area contributed by atoms with Crippen LogP contribution >= 0.6 is 0 Å². The molecule has 2 rings (SSSR count). The number of unbranched alkanes of at least 4 members (excludes halogenated alkanes) is 4.